The maximum atomic E-state index is 12.8. The molecule has 7 heteroatoms. The number of rotatable bonds is 3. The monoisotopic (exact) mass is 363 g/mol. The fourth-order valence-electron chi connectivity index (χ4n) is 3.58. The van der Waals surface area contributed by atoms with E-state index in [4.69, 9.17) is 4.74 Å². The van der Waals surface area contributed by atoms with Gasteiger partial charge in [-0.15, -0.1) is 0 Å². The Morgan fingerprint density at radius 2 is 2.00 bits per heavy atom. The Morgan fingerprint density at radius 1 is 1.27 bits per heavy atom. The van der Waals surface area contributed by atoms with Crippen molar-refractivity contribution < 1.29 is 9.53 Å². The second-order valence-corrected chi connectivity index (χ2v) is 8.52. The summed E-state index contributed by atoms with van der Waals surface area (Å²) < 4.78 is 7.73. The Labute approximate surface area is 156 Å². The second-order valence-electron chi connectivity index (χ2n) is 8.52. The predicted molar refractivity (Wildman–Crippen MR) is 103 cm³/mol. The van der Waals surface area contributed by atoms with Crippen LogP contribution in [0.5, 0.6) is 0 Å². The third-order valence-corrected chi connectivity index (χ3v) is 5.18. The van der Waals surface area contributed by atoms with Crippen molar-refractivity contribution in [3.8, 4) is 0 Å². The molecule has 0 aromatic carbocycles. The third-order valence-electron chi connectivity index (χ3n) is 5.18. The van der Waals surface area contributed by atoms with Crippen molar-refractivity contribution in [1.29, 1.82) is 0 Å². The largest absolute Gasteiger partial charge is 0.375 e. The van der Waals surface area contributed by atoms with Crippen LogP contribution in [-0.2, 0) is 17.2 Å². The van der Waals surface area contributed by atoms with Gasteiger partial charge in [-0.25, -0.2) is 4.79 Å². The molecule has 1 N–H and O–H groups in total. The molecule has 26 heavy (non-hydrogen) atoms. The standard InChI is InChI=1S/C19H33N5O2/c1-19(2,3)16-12-17(22(4)21-16)20-18(25)24-10-7-11-26-15(14-24)13-23-8-5-6-9-23/h12,15H,5-11,13-14H2,1-4H3,(H,20,25)/t15-/m0/s1. The van der Waals surface area contributed by atoms with Crippen LogP contribution in [0, 0.1) is 0 Å². The molecule has 2 fully saturated rings. The Hall–Kier alpha value is -1.60. The van der Waals surface area contributed by atoms with Gasteiger partial charge in [0.15, 0.2) is 0 Å². The van der Waals surface area contributed by atoms with Gasteiger partial charge in [0.05, 0.1) is 11.8 Å². The zero-order valence-electron chi connectivity index (χ0n) is 16.6. The summed E-state index contributed by atoms with van der Waals surface area (Å²) >= 11 is 0. The molecule has 0 unspecified atom stereocenters. The first-order valence-corrected chi connectivity index (χ1v) is 9.77. The van der Waals surface area contributed by atoms with Gasteiger partial charge in [-0.1, -0.05) is 20.8 Å². The third kappa shape index (κ3) is 4.76. The minimum absolute atomic E-state index is 0.0436. The van der Waals surface area contributed by atoms with Gasteiger partial charge < -0.3 is 14.5 Å². The lowest BCUT2D eigenvalue weighted by atomic mass is 9.92. The van der Waals surface area contributed by atoms with E-state index >= 15 is 0 Å². The van der Waals surface area contributed by atoms with Crippen molar-refractivity contribution >= 4 is 11.8 Å². The lowest BCUT2D eigenvalue weighted by Crippen LogP contribution is -2.43. The number of amides is 2. The SMILES string of the molecule is Cn1nc(C(C)(C)C)cc1NC(=O)N1CCCO[C@@H](CN2CCCC2)C1. The second kappa shape index (κ2) is 7.96. The molecule has 2 amide bonds. The normalized spacial score (nSPS) is 22.5. The number of nitrogens with one attached hydrogen (secondary N) is 1. The number of aryl methyl sites for hydroxylation is 1. The van der Waals surface area contributed by atoms with Crippen LogP contribution in [0.2, 0.25) is 0 Å². The molecule has 3 heterocycles. The molecule has 146 valence electrons. The maximum absolute atomic E-state index is 12.8. The number of urea groups is 1. The number of carbonyl (C=O) groups excluding carboxylic acids is 1. The van der Waals surface area contributed by atoms with E-state index in [-0.39, 0.29) is 17.6 Å². The van der Waals surface area contributed by atoms with E-state index in [1.807, 2.05) is 18.0 Å². The first kappa shape index (κ1) is 19.2. The van der Waals surface area contributed by atoms with E-state index in [0.29, 0.717) is 6.54 Å². The number of aromatic nitrogens is 2. The highest BCUT2D eigenvalue weighted by molar-refractivity contribution is 5.88. The molecule has 3 rings (SSSR count). The molecule has 0 spiro atoms. The molecular formula is C19H33N5O2. The summed E-state index contributed by atoms with van der Waals surface area (Å²) in [6.45, 7) is 11.7. The average Bonchev–Trinajstić information content (AvgIpc) is 3.13. The minimum atomic E-state index is -0.0645. The quantitative estimate of drug-likeness (QED) is 0.896. The molecule has 2 aliphatic heterocycles. The van der Waals surface area contributed by atoms with Gasteiger partial charge in [-0.3, -0.25) is 10.00 Å². The van der Waals surface area contributed by atoms with Crippen LogP contribution >= 0.6 is 0 Å². The molecule has 0 radical (unpaired) electrons. The molecule has 2 aliphatic rings. The summed E-state index contributed by atoms with van der Waals surface area (Å²) in [5, 5.41) is 7.57. The fourth-order valence-corrected chi connectivity index (χ4v) is 3.58. The first-order chi connectivity index (χ1) is 12.3. The fraction of sp³-hybridized carbons (Fsp3) is 0.789. The number of carbonyl (C=O) groups is 1. The lowest BCUT2D eigenvalue weighted by molar-refractivity contribution is 0.0355. The van der Waals surface area contributed by atoms with Crippen LogP contribution in [0.3, 0.4) is 0 Å². The van der Waals surface area contributed by atoms with Gasteiger partial charge >= 0.3 is 6.03 Å². The topological polar surface area (TPSA) is 62.6 Å². The van der Waals surface area contributed by atoms with Gasteiger partial charge in [0, 0.05) is 44.8 Å². The van der Waals surface area contributed by atoms with Crippen molar-refractivity contribution in [2.45, 2.75) is 51.6 Å². The van der Waals surface area contributed by atoms with Crippen LogP contribution in [-0.4, -0.2) is 71.0 Å². The van der Waals surface area contributed by atoms with E-state index in [1.165, 1.54) is 12.8 Å². The number of ether oxygens (including phenoxy) is 1. The maximum Gasteiger partial charge on any atom is 0.323 e. The van der Waals surface area contributed by atoms with Crippen LogP contribution in [0.15, 0.2) is 6.07 Å². The molecule has 1 aromatic heterocycles. The zero-order valence-corrected chi connectivity index (χ0v) is 16.6. The minimum Gasteiger partial charge on any atom is -0.375 e. The average molecular weight is 364 g/mol. The molecule has 2 saturated heterocycles. The van der Waals surface area contributed by atoms with Crippen LogP contribution in [0.1, 0.15) is 45.7 Å². The highest BCUT2D eigenvalue weighted by Crippen LogP contribution is 2.23. The number of anilines is 1. The molecule has 0 aliphatic carbocycles. The molecule has 1 aromatic rings. The summed E-state index contributed by atoms with van der Waals surface area (Å²) in [6.07, 6.45) is 3.52. The van der Waals surface area contributed by atoms with Gasteiger partial charge in [-0.05, 0) is 32.4 Å². The summed E-state index contributed by atoms with van der Waals surface area (Å²) in [6, 6.07) is 1.90. The van der Waals surface area contributed by atoms with E-state index in [0.717, 1.165) is 50.7 Å². The summed E-state index contributed by atoms with van der Waals surface area (Å²) in [5.41, 5.74) is 0.930. The number of likely N-dealkylation sites (tertiary alicyclic amines) is 1. The van der Waals surface area contributed by atoms with Crippen molar-refractivity contribution in [3.63, 3.8) is 0 Å². The van der Waals surface area contributed by atoms with Crippen LogP contribution < -0.4 is 5.32 Å². The van der Waals surface area contributed by atoms with Crippen LogP contribution in [0.4, 0.5) is 10.6 Å². The van der Waals surface area contributed by atoms with Gasteiger partial charge in [0.2, 0.25) is 0 Å². The molecule has 7 nitrogen and oxygen atoms in total. The Balaban J connectivity index is 1.61. The van der Waals surface area contributed by atoms with Crippen molar-refractivity contribution in [2.24, 2.45) is 7.05 Å². The number of hydrogen-bond acceptors (Lipinski definition) is 4. The van der Waals surface area contributed by atoms with E-state index < -0.39 is 0 Å². The van der Waals surface area contributed by atoms with Gasteiger partial charge in [-0.2, -0.15) is 5.10 Å². The first-order valence-electron chi connectivity index (χ1n) is 9.77. The highest BCUT2D eigenvalue weighted by atomic mass is 16.5. The highest BCUT2D eigenvalue weighted by Gasteiger charge is 2.26. The van der Waals surface area contributed by atoms with Crippen molar-refractivity contribution in [3.05, 3.63) is 11.8 Å². The van der Waals surface area contributed by atoms with Crippen molar-refractivity contribution in [1.82, 2.24) is 19.6 Å². The molecule has 0 bridgehead atoms. The van der Waals surface area contributed by atoms with Gasteiger partial charge in [0.1, 0.15) is 5.82 Å². The Morgan fingerprint density at radius 3 is 2.65 bits per heavy atom. The summed E-state index contributed by atoms with van der Waals surface area (Å²) in [5.74, 6) is 0.737. The van der Waals surface area contributed by atoms with Crippen molar-refractivity contribution in [2.75, 3.05) is 44.6 Å². The number of hydrogen-bond donors (Lipinski definition) is 1. The number of nitrogens with zero attached hydrogens (tertiary/aromatic N) is 4. The smallest absolute Gasteiger partial charge is 0.323 e. The van der Waals surface area contributed by atoms with Crippen LogP contribution in [0.25, 0.3) is 0 Å². The zero-order chi connectivity index (χ0) is 18.7. The van der Waals surface area contributed by atoms with Gasteiger partial charge in [0.25, 0.3) is 0 Å². The van der Waals surface area contributed by atoms with E-state index in [1.54, 1.807) is 4.68 Å². The molecule has 1 atom stereocenters. The summed E-state index contributed by atoms with van der Waals surface area (Å²) in [4.78, 5) is 17.2. The summed E-state index contributed by atoms with van der Waals surface area (Å²) in [7, 11) is 1.87. The molecule has 0 saturated carbocycles. The van der Waals surface area contributed by atoms with E-state index in [9.17, 15) is 4.79 Å². The lowest BCUT2D eigenvalue weighted by Gasteiger charge is -2.27. The van der Waals surface area contributed by atoms with E-state index in [2.05, 4.69) is 36.1 Å². The predicted octanol–water partition coefficient (Wildman–Crippen LogP) is 2.44. The Bertz CT molecular complexity index is 616. The Kier molecular flexibility index (Phi) is 5.87. The molecular weight excluding hydrogens is 330 g/mol.